The minimum Gasteiger partial charge on any atom is -0.308 e. The van der Waals surface area contributed by atoms with Crippen LogP contribution in [0.1, 0.15) is 34.4 Å². The average Bonchev–Trinajstić information content (AvgIpc) is 3.20. The second kappa shape index (κ2) is 8.15. The lowest BCUT2D eigenvalue weighted by Gasteiger charge is -2.07. The summed E-state index contributed by atoms with van der Waals surface area (Å²) in [4.78, 5) is 12.9. The van der Waals surface area contributed by atoms with Crippen molar-refractivity contribution < 1.29 is 0 Å². The number of hydrogen-bond donors (Lipinski definition) is 1. The first-order valence-corrected chi connectivity index (χ1v) is 9.29. The van der Waals surface area contributed by atoms with Crippen molar-refractivity contribution in [3.63, 3.8) is 0 Å². The number of aryl methyl sites for hydroxylation is 2. The fourth-order valence-electron chi connectivity index (χ4n) is 3.89. The van der Waals surface area contributed by atoms with Crippen LogP contribution in [0.3, 0.4) is 0 Å². The predicted molar refractivity (Wildman–Crippen MR) is 112 cm³/mol. The predicted octanol–water partition coefficient (Wildman–Crippen LogP) is 3.68. The zero-order valence-corrected chi connectivity index (χ0v) is 16.7. The van der Waals surface area contributed by atoms with Gasteiger partial charge in [0.1, 0.15) is 0 Å². The Morgan fingerprint density at radius 1 is 1.00 bits per heavy atom. The van der Waals surface area contributed by atoms with Gasteiger partial charge in [-0.3, -0.25) is 9.48 Å². The molecule has 0 unspecified atom stereocenters. The number of halogens is 1. The van der Waals surface area contributed by atoms with Gasteiger partial charge in [-0.1, -0.05) is 36.4 Å². The van der Waals surface area contributed by atoms with Gasteiger partial charge >= 0.3 is 0 Å². The van der Waals surface area contributed by atoms with Crippen molar-refractivity contribution in [2.24, 2.45) is 7.05 Å². The van der Waals surface area contributed by atoms with Crippen LogP contribution in [0.15, 0.2) is 53.3 Å². The maximum atomic E-state index is 12.9. The molecule has 0 bridgehead atoms. The molecular formula is C22H26ClN3O. The van der Waals surface area contributed by atoms with E-state index < -0.39 is 0 Å². The van der Waals surface area contributed by atoms with Crippen LogP contribution in [0.5, 0.6) is 0 Å². The molecule has 2 aromatic carbocycles. The van der Waals surface area contributed by atoms with E-state index in [9.17, 15) is 4.79 Å². The lowest BCUT2D eigenvalue weighted by atomic mass is 10.1. The summed E-state index contributed by atoms with van der Waals surface area (Å²) in [5.41, 5.74) is 7.07. The third kappa shape index (κ3) is 3.73. The molecule has 3 aromatic rings. The number of rotatable bonds is 5. The Bertz CT molecular complexity index is 989. The SMILES string of the molecule is Cc1c(CNCc2ccc3c(c2)CCC3)c(=O)n(-c2ccccc2)n1C.Cl. The van der Waals surface area contributed by atoms with Gasteiger partial charge in [0.15, 0.2) is 0 Å². The third-order valence-electron chi connectivity index (χ3n) is 5.47. The molecule has 0 saturated carbocycles. The van der Waals surface area contributed by atoms with Gasteiger partial charge in [-0.2, -0.15) is 0 Å². The van der Waals surface area contributed by atoms with E-state index in [1.54, 1.807) is 4.68 Å². The Hall–Kier alpha value is -2.30. The minimum atomic E-state index is 0. The van der Waals surface area contributed by atoms with Gasteiger partial charge < -0.3 is 5.32 Å². The highest BCUT2D eigenvalue weighted by Gasteiger charge is 2.16. The van der Waals surface area contributed by atoms with Crippen molar-refractivity contribution in [2.75, 3.05) is 0 Å². The third-order valence-corrected chi connectivity index (χ3v) is 5.47. The van der Waals surface area contributed by atoms with Crippen LogP contribution < -0.4 is 10.9 Å². The Morgan fingerprint density at radius 3 is 2.52 bits per heavy atom. The normalized spacial score (nSPS) is 12.7. The van der Waals surface area contributed by atoms with Gasteiger partial charge in [0.2, 0.25) is 0 Å². The molecule has 1 aliphatic rings. The lowest BCUT2D eigenvalue weighted by Crippen LogP contribution is -2.23. The molecule has 1 aliphatic carbocycles. The van der Waals surface area contributed by atoms with Crippen molar-refractivity contribution in [1.29, 1.82) is 0 Å². The number of fused-ring (bicyclic) bond motifs is 1. The summed E-state index contributed by atoms with van der Waals surface area (Å²) in [7, 11) is 1.94. The van der Waals surface area contributed by atoms with Crippen molar-refractivity contribution in [1.82, 2.24) is 14.7 Å². The van der Waals surface area contributed by atoms with Gasteiger partial charge in [-0.05, 0) is 55.0 Å². The molecule has 142 valence electrons. The van der Waals surface area contributed by atoms with Gasteiger partial charge in [-0.15, -0.1) is 12.4 Å². The van der Waals surface area contributed by atoms with Crippen LogP contribution >= 0.6 is 12.4 Å². The number of aromatic nitrogens is 2. The van der Waals surface area contributed by atoms with Crippen LogP contribution in [-0.4, -0.2) is 9.36 Å². The van der Waals surface area contributed by atoms with E-state index in [2.05, 4.69) is 23.5 Å². The monoisotopic (exact) mass is 383 g/mol. The summed E-state index contributed by atoms with van der Waals surface area (Å²) >= 11 is 0. The van der Waals surface area contributed by atoms with Crippen molar-refractivity contribution >= 4 is 12.4 Å². The Morgan fingerprint density at radius 2 is 1.74 bits per heavy atom. The van der Waals surface area contributed by atoms with Gasteiger partial charge in [0.05, 0.1) is 11.3 Å². The molecule has 27 heavy (non-hydrogen) atoms. The zero-order chi connectivity index (χ0) is 18.1. The number of hydrogen-bond acceptors (Lipinski definition) is 2. The van der Waals surface area contributed by atoms with E-state index in [0.29, 0.717) is 6.54 Å². The molecule has 0 fully saturated rings. The molecule has 0 atom stereocenters. The Kier molecular flexibility index (Phi) is 5.88. The Balaban J connectivity index is 0.00000210. The minimum absolute atomic E-state index is 0. The number of para-hydroxylation sites is 1. The molecule has 0 radical (unpaired) electrons. The number of nitrogens with one attached hydrogen (secondary N) is 1. The fourth-order valence-corrected chi connectivity index (χ4v) is 3.89. The maximum absolute atomic E-state index is 12.9. The fraction of sp³-hybridized carbons (Fsp3) is 0.318. The van der Waals surface area contributed by atoms with E-state index in [1.165, 1.54) is 36.0 Å². The van der Waals surface area contributed by atoms with Crippen LogP contribution in [0, 0.1) is 6.92 Å². The summed E-state index contributed by atoms with van der Waals surface area (Å²) in [6.45, 7) is 3.37. The first-order valence-electron chi connectivity index (χ1n) is 9.29. The largest absolute Gasteiger partial charge is 0.308 e. The molecular weight excluding hydrogens is 358 g/mol. The van der Waals surface area contributed by atoms with Crippen LogP contribution in [0.2, 0.25) is 0 Å². The quantitative estimate of drug-likeness (QED) is 0.729. The Labute approximate surface area is 166 Å². The second-order valence-corrected chi connectivity index (χ2v) is 7.10. The van der Waals surface area contributed by atoms with Crippen molar-refractivity contribution in [3.05, 3.63) is 86.8 Å². The molecule has 1 heterocycles. The highest BCUT2D eigenvalue weighted by atomic mass is 35.5. The zero-order valence-electron chi connectivity index (χ0n) is 15.9. The highest BCUT2D eigenvalue weighted by Crippen LogP contribution is 2.22. The van der Waals surface area contributed by atoms with Crippen molar-refractivity contribution in [3.8, 4) is 5.69 Å². The first-order chi connectivity index (χ1) is 12.6. The highest BCUT2D eigenvalue weighted by molar-refractivity contribution is 5.85. The average molecular weight is 384 g/mol. The molecule has 0 aliphatic heterocycles. The summed E-state index contributed by atoms with van der Waals surface area (Å²) in [6.07, 6.45) is 3.68. The summed E-state index contributed by atoms with van der Waals surface area (Å²) in [5, 5.41) is 3.46. The smallest absolute Gasteiger partial charge is 0.276 e. The molecule has 0 amide bonds. The number of benzene rings is 2. The molecule has 4 rings (SSSR count). The second-order valence-electron chi connectivity index (χ2n) is 7.10. The van der Waals surface area contributed by atoms with Gasteiger partial charge in [0, 0.05) is 25.8 Å². The maximum Gasteiger partial charge on any atom is 0.276 e. The van der Waals surface area contributed by atoms with E-state index in [1.807, 2.05) is 49.0 Å². The molecule has 5 heteroatoms. The molecule has 4 nitrogen and oxygen atoms in total. The molecule has 0 saturated heterocycles. The topological polar surface area (TPSA) is 39.0 Å². The molecule has 0 spiro atoms. The van der Waals surface area contributed by atoms with E-state index >= 15 is 0 Å². The first kappa shape index (κ1) is 19.5. The summed E-state index contributed by atoms with van der Waals surface area (Å²) in [6, 6.07) is 16.6. The van der Waals surface area contributed by atoms with Crippen LogP contribution in [0.25, 0.3) is 5.69 Å². The standard InChI is InChI=1S/C22H25N3O.ClH/c1-16-21(22(26)25(24(16)2)20-9-4-3-5-10-20)15-23-14-17-11-12-18-7-6-8-19(18)13-17;/h3-5,9-13,23H,6-8,14-15H2,1-2H3;1H. The van der Waals surface area contributed by atoms with Gasteiger partial charge in [0.25, 0.3) is 5.56 Å². The van der Waals surface area contributed by atoms with E-state index in [0.717, 1.165) is 23.5 Å². The van der Waals surface area contributed by atoms with E-state index in [-0.39, 0.29) is 18.0 Å². The molecule has 1 aromatic heterocycles. The van der Waals surface area contributed by atoms with Crippen molar-refractivity contribution in [2.45, 2.75) is 39.3 Å². The summed E-state index contributed by atoms with van der Waals surface area (Å²) in [5.74, 6) is 0. The lowest BCUT2D eigenvalue weighted by molar-refractivity contribution is 0.629. The number of nitrogens with zero attached hydrogens (tertiary/aromatic N) is 2. The van der Waals surface area contributed by atoms with Crippen LogP contribution in [-0.2, 0) is 33.0 Å². The van der Waals surface area contributed by atoms with Gasteiger partial charge in [-0.25, -0.2) is 4.68 Å². The summed E-state index contributed by atoms with van der Waals surface area (Å²) < 4.78 is 3.67. The van der Waals surface area contributed by atoms with Crippen LogP contribution in [0.4, 0.5) is 0 Å². The molecule has 1 N–H and O–H groups in total. The van der Waals surface area contributed by atoms with E-state index in [4.69, 9.17) is 0 Å².